The van der Waals surface area contributed by atoms with Gasteiger partial charge in [0.1, 0.15) is 4.99 Å². The fourth-order valence-corrected chi connectivity index (χ4v) is 4.25. The first-order valence-corrected chi connectivity index (χ1v) is 8.71. The molecule has 1 N–H and O–H groups in total. The van der Waals surface area contributed by atoms with E-state index in [9.17, 15) is 0 Å². The van der Waals surface area contributed by atoms with E-state index >= 15 is 0 Å². The molecule has 0 radical (unpaired) electrons. The van der Waals surface area contributed by atoms with Gasteiger partial charge in [-0.3, -0.25) is 0 Å². The van der Waals surface area contributed by atoms with Crippen molar-refractivity contribution in [2.75, 3.05) is 13.1 Å². The second-order valence-corrected chi connectivity index (χ2v) is 7.07. The second-order valence-electron chi connectivity index (χ2n) is 6.24. The molecule has 2 atom stereocenters. The van der Waals surface area contributed by atoms with E-state index < -0.39 is 0 Å². The van der Waals surface area contributed by atoms with Crippen molar-refractivity contribution in [3.05, 3.63) is 58.3 Å². The van der Waals surface area contributed by atoms with Crippen molar-refractivity contribution in [3.8, 4) is 0 Å². The monoisotopic (exact) mass is 330 g/mol. The number of allylic oxidation sites excluding steroid dienone is 4. The van der Waals surface area contributed by atoms with Crippen molar-refractivity contribution in [1.29, 1.82) is 0 Å². The van der Waals surface area contributed by atoms with Crippen molar-refractivity contribution in [1.82, 2.24) is 10.2 Å². The topological polar surface area (TPSA) is 15.3 Å². The van der Waals surface area contributed by atoms with Crippen LogP contribution in [0.3, 0.4) is 0 Å². The molecule has 0 aromatic carbocycles. The first kappa shape index (κ1) is 14.3. The maximum Gasteiger partial charge on any atom is 0.125 e. The predicted molar refractivity (Wildman–Crippen MR) is 95.8 cm³/mol. The highest BCUT2D eigenvalue weighted by Gasteiger charge is 2.38. The lowest BCUT2D eigenvalue weighted by Gasteiger charge is -2.32. The average Bonchev–Trinajstić information content (AvgIpc) is 2.89. The molecule has 0 aromatic heterocycles. The van der Waals surface area contributed by atoms with Crippen LogP contribution >= 0.6 is 23.8 Å². The van der Waals surface area contributed by atoms with Gasteiger partial charge in [0.2, 0.25) is 0 Å². The Bertz CT molecular complexity index is 669. The number of hydrogen-bond donors (Lipinski definition) is 1. The van der Waals surface area contributed by atoms with Crippen LogP contribution in [0.4, 0.5) is 0 Å². The molecule has 4 aliphatic rings. The number of nitrogens with one attached hydrogen (secondary N) is 1. The summed E-state index contributed by atoms with van der Waals surface area (Å²) in [6.45, 7) is 1.94. The van der Waals surface area contributed by atoms with Gasteiger partial charge in [-0.1, -0.05) is 48.1 Å². The molecule has 22 heavy (non-hydrogen) atoms. The van der Waals surface area contributed by atoms with Crippen molar-refractivity contribution in [2.45, 2.75) is 25.3 Å². The summed E-state index contributed by atoms with van der Waals surface area (Å²) in [6.07, 6.45) is 16.5. The van der Waals surface area contributed by atoms with Gasteiger partial charge in [0.15, 0.2) is 0 Å². The number of halogens is 1. The zero-order valence-corrected chi connectivity index (χ0v) is 14.0. The van der Waals surface area contributed by atoms with E-state index in [4.69, 9.17) is 23.8 Å². The Morgan fingerprint density at radius 1 is 1.32 bits per heavy atom. The number of rotatable bonds is 2. The fraction of sp³-hybridized carbons (Fsp3) is 0.389. The minimum absolute atomic E-state index is 0.272. The Kier molecular flexibility index (Phi) is 3.71. The van der Waals surface area contributed by atoms with Crippen molar-refractivity contribution < 1.29 is 0 Å². The quantitative estimate of drug-likeness (QED) is 0.775. The highest BCUT2D eigenvalue weighted by Crippen LogP contribution is 2.37. The van der Waals surface area contributed by atoms with E-state index in [0.717, 1.165) is 42.4 Å². The van der Waals surface area contributed by atoms with Crippen molar-refractivity contribution in [3.63, 3.8) is 0 Å². The Balaban J connectivity index is 1.53. The van der Waals surface area contributed by atoms with Gasteiger partial charge in [-0.25, -0.2) is 0 Å². The molecule has 0 saturated carbocycles. The summed E-state index contributed by atoms with van der Waals surface area (Å²) in [5, 5.41) is 4.40. The molecular formula is C18H19ClN2S. The van der Waals surface area contributed by atoms with E-state index in [1.54, 1.807) is 0 Å². The van der Waals surface area contributed by atoms with Gasteiger partial charge in [0, 0.05) is 24.0 Å². The van der Waals surface area contributed by atoms with Crippen LogP contribution in [0.1, 0.15) is 19.3 Å². The summed E-state index contributed by atoms with van der Waals surface area (Å²) in [7, 11) is 0. The van der Waals surface area contributed by atoms with Crippen LogP contribution in [-0.2, 0) is 0 Å². The summed E-state index contributed by atoms with van der Waals surface area (Å²) >= 11 is 11.9. The zero-order valence-electron chi connectivity index (χ0n) is 12.4. The largest absolute Gasteiger partial charge is 0.375 e. The molecule has 2 aliphatic heterocycles. The van der Waals surface area contributed by atoms with Crippen LogP contribution in [0.2, 0.25) is 0 Å². The van der Waals surface area contributed by atoms with Gasteiger partial charge in [0.25, 0.3) is 0 Å². The highest BCUT2D eigenvalue weighted by atomic mass is 35.5. The summed E-state index contributed by atoms with van der Waals surface area (Å²) in [6, 6.07) is 0.272. The minimum Gasteiger partial charge on any atom is -0.375 e. The first-order valence-electron chi connectivity index (χ1n) is 7.92. The van der Waals surface area contributed by atoms with E-state index in [1.165, 1.54) is 16.8 Å². The molecule has 2 aliphatic carbocycles. The van der Waals surface area contributed by atoms with E-state index in [2.05, 4.69) is 40.6 Å². The number of thiocarbonyl (C=S) groups is 1. The molecule has 0 spiro atoms. The molecule has 0 saturated heterocycles. The van der Waals surface area contributed by atoms with E-state index in [1.807, 2.05) is 6.08 Å². The van der Waals surface area contributed by atoms with Gasteiger partial charge in [-0.2, -0.15) is 0 Å². The zero-order chi connectivity index (χ0) is 15.1. The van der Waals surface area contributed by atoms with Gasteiger partial charge in [0.05, 0.1) is 11.7 Å². The predicted octanol–water partition coefficient (Wildman–Crippen LogP) is 3.83. The van der Waals surface area contributed by atoms with Crippen LogP contribution in [0, 0.1) is 5.92 Å². The Morgan fingerprint density at radius 3 is 3.05 bits per heavy atom. The average molecular weight is 331 g/mol. The van der Waals surface area contributed by atoms with Gasteiger partial charge < -0.3 is 10.2 Å². The van der Waals surface area contributed by atoms with Crippen molar-refractivity contribution >= 4 is 28.8 Å². The molecule has 2 unspecified atom stereocenters. The van der Waals surface area contributed by atoms with Crippen LogP contribution in [0.25, 0.3) is 0 Å². The molecule has 4 rings (SSSR count). The molecule has 0 fully saturated rings. The Hall–Kier alpha value is -1.32. The first-order chi connectivity index (χ1) is 10.7. The second kappa shape index (κ2) is 5.71. The van der Waals surface area contributed by atoms with Gasteiger partial charge >= 0.3 is 0 Å². The maximum atomic E-state index is 6.13. The fourth-order valence-electron chi connectivity index (χ4n) is 3.70. The molecule has 114 valence electrons. The Labute approximate surface area is 141 Å². The molecule has 0 amide bonds. The number of hydrogen-bond acceptors (Lipinski definition) is 2. The minimum atomic E-state index is 0.272. The molecular weight excluding hydrogens is 312 g/mol. The lowest BCUT2D eigenvalue weighted by atomic mass is 9.88. The summed E-state index contributed by atoms with van der Waals surface area (Å²) in [4.78, 5) is 3.29. The van der Waals surface area contributed by atoms with E-state index in [0.29, 0.717) is 5.92 Å². The Morgan fingerprint density at radius 2 is 2.23 bits per heavy atom. The SMILES string of the molecule is S=C1C2=C(CCN1CC1=CCCC=C1)C1C=CC(Cl)=CC1N2. The van der Waals surface area contributed by atoms with E-state index in [-0.39, 0.29) is 6.04 Å². The van der Waals surface area contributed by atoms with Gasteiger partial charge in [-0.15, -0.1) is 0 Å². The smallest absolute Gasteiger partial charge is 0.125 e. The van der Waals surface area contributed by atoms with Crippen molar-refractivity contribution in [2.24, 2.45) is 5.92 Å². The molecule has 4 heteroatoms. The third kappa shape index (κ3) is 2.46. The summed E-state index contributed by atoms with van der Waals surface area (Å²) in [5.41, 5.74) is 4.01. The molecule has 2 nitrogen and oxygen atoms in total. The molecule has 2 heterocycles. The molecule has 0 bridgehead atoms. The molecule has 0 aromatic rings. The standard InChI is InChI=1S/C18H19ClN2S/c19-13-6-7-14-15-8-9-21(11-12-4-2-1-3-5-12)18(22)17(15)20-16(14)10-13/h2,4-7,10,14,16,20H,1,3,8-9,11H2. The van der Waals surface area contributed by atoms with Crippen LogP contribution in [-0.4, -0.2) is 29.0 Å². The third-order valence-electron chi connectivity index (χ3n) is 4.82. The van der Waals surface area contributed by atoms with Crippen LogP contribution < -0.4 is 5.32 Å². The van der Waals surface area contributed by atoms with Gasteiger partial charge in [-0.05, 0) is 42.6 Å². The van der Waals surface area contributed by atoms with Crippen LogP contribution in [0.15, 0.2) is 58.3 Å². The highest BCUT2D eigenvalue weighted by molar-refractivity contribution is 7.80. The normalized spacial score (nSPS) is 29.9. The summed E-state index contributed by atoms with van der Waals surface area (Å²) < 4.78 is 0. The summed E-state index contributed by atoms with van der Waals surface area (Å²) in [5.74, 6) is 0.423. The number of nitrogens with zero attached hydrogens (tertiary/aromatic N) is 1. The lowest BCUT2D eigenvalue weighted by Crippen LogP contribution is -2.39. The lowest BCUT2D eigenvalue weighted by molar-refractivity contribution is 0.448. The number of fused-ring (bicyclic) bond motifs is 2. The van der Waals surface area contributed by atoms with Crippen LogP contribution in [0.5, 0.6) is 0 Å². The third-order valence-corrected chi connectivity index (χ3v) is 5.53. The maximum absolute atomic E-state index is 6.13.